The Hall–Kier alpha value is -2.27. The number of ether oxygens (including phenoxy) is 1. The molecule has 5 heteroatoms. The second kappa shape index (κ2) is 6.92. The highest BCUT2D eigenvalue weighted by atomic mass is 16.5. The highest BCUT2D eigenvalue weighted by Crippen LogP contribution is 2.39. The van der Waals surface area contributed by atoms with Gasteiger partial charge in [-0.15, -0.1) is 6.58 Å². The number of hydrogen-bond donors (Lipinski definition) is 1. The van der Waals surface area contributed by atoms with Gasteiger partial charge >= 0.3 is 6.09 Å². The maximum Gasteiger partial charge on any atom is 0.418 e. The second-order valence-corrected chi connectivity index (χ2v) is 6.48. The summed E-state index contributed by atoms with van der Waals surface area (Å²) in [5, 5.41) is 10.9. The lowest BCUT2D eigenvalue weighted by Gasteiger charge is -2.30. The summed E-state index contributed by atoms with van der Waals surface area (Å²) >= 11 is 0. The van der Waals surface area contributed by atoms with E-state index < -0.39 is 0 Å². The predicted molar refractivity (Wildman–Crippen MR) is 99.4 cm³/mol. The van der Waals surface area contributed by atoms with Crippen LogP contribution in [0.3, 0.4) is 0 Å². The third kappa shape index (κ3) is 2.82. The van der Waals surface area contributed by atoms with Crippen LogP contribution in [0.25, 0.3) is 10.9 Å². The van der Waals surface area contributed by atoms with Crippen LogP contribution < -0.4 is 0 Å². The number of aromatic hydroxyl groups is 1. The van der Waals surface area contributed by atoms with Crippen molar-refractivity contribution in [1.82, 2.24) is 9.47 Å². The molecular formula is C20H26N2O3. The maximum absolute atomic E-state index is 12.7. The van der Waals surface area contributed by atoms with E-state index in [1.165, 1.54) is 0 Å². The normalized spacial score (nSPS) is 20.9. The minimum Gasteiger partial charge on any atom is -0.508 e. The fraction of sp³-hybridized carbons (Fsp3) is 0.450. The summed E-state index contributed by atoms with van der Waals surface area (Å²) in [5.41, 5.74) is 2.83. The third-order valence-corrected chi connectivity index (χ3v) is 5.27. The number of aromatic nitrogens is 1. The summed E-state index contributed by atoms with van der Waals surface area (Å²) in [6, 6.07) is 5.38. The van der Waals surface area contributed by atoms with E-state index in [2.05, 4.69) is 25.3 Å². The highest BCUT2D eigenvalue weighted by molar-refractivity contribution is 5.95. The Bertz CT molecular complexity index is 809. The van der Waals surface area contributed by atoms with E-state index >= 15 is 0 Å². The summed E-state index contributed by atoms with van der Waals surface area (Å²) in [7, 11) is 0. The van der Waals surface area contributed by atoms with Gasteiger partial charge in [0, 0.05) is 29.6 Å². The molecule has 5 nitrogen and oxygen atoms in total. The number of hydrogen-bond acceptors (Lipinski definition) is 4. The number of rotatable bonds is 3. The van der Waals surface area contributed by atoms with E-state index in [4.69, 9.17) is 4.74 Å². The Morgan fingerprint density at radius 2 is 2.20 bits per heavy atom. The fourth-order valence-corrected chi connectivity index (χ4v) is 4.03. The standard InChI is InChI=1S/C20H26N2O3/c1-5-15-13(4)21(6-2)11-10-16-17-12-14(23)8-9-18(17)22(19(15)16)20(24)25-7-3/h5,8-9,12-13,15,23H,1,6-7,10-11H2,2-4H3. The van der Waals surface area contributed by atoms with Crippen molar-refractivity contribution in [1.29, 1.82) is 0 Å². The molecule has 0 radical (unpaired) electrons. The van der Waals surface area contributed by atoms with Gasteiger partial charge in [-0.25, -0.2) is 9.36 Å². The number of fused-ring (bicyclic) bond motifs is 3. The monoisotopic (exact) mass is 342 g/mol. The number of carbonyl (C=O) groups is 1. The molecule has 1 aliphatic heterocycles. The van der Waals surface area contributed by atoms with Crippen molar-refractivity contribution < 1.29 is 14.6 Å². The van der Waals surface area contributed by atoms with Gasteiger partial charge in [0.05, 0.1) is 12.1 Å². The number of likely N-dealkylation sites (N-methyl/N-ethyl adjacent to an activating group) is 1. The van der Waals surface area contributed by atoms with Gasteiger partial charge in [0.1, 0.15) is 5.75 Å². The molecule has 1 aliphatic rings. The second-order valence-electron chi connectivity index (χ2n) is 6.48. The minimum atomic E-state index is -0.372. The molecule has 2 heterocycles. The number of phenols is 1. The van der Waals surface area contributed by atoms with E-state index in [-0.39, 0.29) is 23.8 Å². The van der Waals surface area contributed by atoms with Crippen molar-refractivity contribution in [2.24, 2.45) is 0 Å². The Morgan fingerprint density at radius 1 is 1.44 bits per heavy atom. The van der Waals surface area contributed by atoms with Gasteiger partial charge in [0.15, 0.2) is 0 Å². The van der Waals surface area contributed by atoms with Crippen molar-refractivity contribution in [2.75, 3.05) is 19.7 Å². The van der Waals surface area contributed by atoms with Gasteiger partial charge in [-0.2, -0.15) is 0 Å². The predicted octanol–water partition coefficient (Wildman–Crippen LogP) is 3.89. The maximum atomic E-state index is 12.7. The lowest BCUT2D eigenvalue weighted by atomic mass is 9.94. The summed E-state index contributed by atoms with van der Waals surface area (Å²) < 4.78 is 7.00. The zero-order valence-electron chi connectivity index (χ0n) is 15.2. The van der Waals surface area contributed by atoms with Crippen LogP contribution in [0.5, 0.6) is 5.75 Å². The molecule has 134 valence electrons. The van der Waals surface area contributed by atoms with E-state index in [1.807, 2.05) is 6.08 Å². The van der Waals surface area contributed by atoms with Crippen molar-refractivity contribution in [3.05, 3.63) is 42.1 Å². The van der Waals surface area contributed by atoms with Crippen molar-refractivity contribution in [3.8, 4) is 5.75 Å². The molecule has 3 rings (SSSR count). The molecule has 0 saturated heterocycles. The summed E-state index contributed by atoms with van der Waals surface area (Å²) in [6.07, 6.45) is 2.37. The van der Waals surface area contributed by atoms with E-state index in [9.17, 15) is 9.90 Å². The number of benzene rings is 1. The van der Waals surface area contributed by atoms with Gasteiger partial charge < -0.3 is 9.84 Å². The topological polar surface area (TPSA) is 54.7 Å². The summed E-state index contributed by atoms with van der Waals surface area (Å²) in [6.45, 7) is 12.3. The van der Waals surface area contributed by atoms with Gasteiger partial charge in [0.25, 0.3) is 0 Å². The van der Waals surface area contributed by atoms with Crippen molar-refractivity contribution in [3.63, 3.8) is 0 Å². The van der Waals surface area contributed by atoms with Crippen molar-refractivity contribution >= 4 is 17.0 Å². The van der Waals surface area contributed by atoms with Crippen LogP contribution >= 0.6 is 0 Å². The van der Waals surface area contributed by atoms with Gasteiger partial charge in [-0.05, 0) is 50.6 Å². The average Bonchev–Trinajstić information content (AvgIpc) is 2.82. The number of nitrogens with zero attached hydrogens (tertiary/aromatic N) is 2. The Balaban J connectivity index is 2.31. The lowest BCUT2D eigenvalue weighted by molar-refractivity contribution is 0.153. The van der Waals surface area contributed by atoms with Crippen LogP contribution in [-0.4, -0.2) is 46.4 Å². The Labute approximate surface area is 148 Å². The molecule has 0 bridgehead atoms. The molecular weight excluding hydrogens is 316 g/mol. The molecule has 0 aliphatic carbocycles. The fourth-order valence-electron chi connectivity index (χ4n) is 4.03. The smallest absolute Gasteiger partial charge is 0.418 e. The zero-order chi connectivity index (χ0) is 18.1. The molecule has 1 N–H and O–H groups in total. The van der Waals surface area contributed by atoms with Gasteiger partial charge in [0.2, 0.25) is 0 Å². The van der Waals surface area contributed by atoms with Crippen LogP contribution in [0.15, 0.2) is 30.9 Å². The molecule has 2 aromatic rings. The summed E-state index contributed by atoms with van der Waals surface area (Å²) in [4.78, 5) is 15.1. The van der Waals surface area contributed by atoms with Gasteiger partial charge in [-0.1, -0.05) is 13.0 Å². The first-order chi connectivity index (χ1) is 12.0. The quantitative estimate of drug-likeness (QED) is 0.860. The lowest BCUT2D eigenvalue weighted by Crippen LogP contribution is -2.37. The van der Waals surface area contributed by atoms with Crippen LogP contribution in [0.1, 0.15) is 37.9 Å². The molecule has 0 spiro atoms. The minimum absolute atomic E-state index is 0.0106. The van der Waals surface area contributed by atoms with Crippen LogP contribution in [0, 0.1) is 0 Å². The van der Waals surface area contributed by atoms with Gasteiger partial charge in [-0.3, -0.25) is 4.90 Å². The van der Waals surface area contributed by atoms with Crippen LogP contribution in [-0.2, 0) is 11.2 Å². The highest BCUT2D eigenvalue weighted by Gasteiger charge is 2.34. The van der Waals surface area contributed by atoms with E-state index in [0.717, 1.165) is 41.7 Å². The molecule has 2 atom stereocenters. The average molecular weight is 342 g/mol. The molecule has 1 aromatic carbocycles. The molecule has 0 saturated carbocycles. The zero-order valence-corrected chi connectivity index (χ0v) is 15.2. The van der Waals surface area contributed by atoms with Crippen LogP contribution in [0.4, 0.5) is 4.79 Å². The van der Waals surface area contributed by atoms with Crippen molar-refractivity contribution in [2.45, 2.75) is 39.2 Å². The number of phenolic OH excluding ortho intramolecular Hbond substituents is 1. The largest absolute Gasteiger partial charge is 0.508 e. The Morgan fingerprint density at radius 3 is 2.84 bits per heavy atom. The van der Waals surface area contributed by atoms with Crippen LogP contribution in [0.2, 0.25) is 0 Å². The molecule has 2 unspecified atom stereocenters. The third-order valence-electron chi connectivity index (χ3n) is 5.27. The summed E-state index contributed by atoms with van der Waals surface area (Å²) in [5.74, 6) is 0.215. The Kier molecular flexibility index (Phi) is 4.86. The molecule has 0 fully saturated rings. The first-order valence-electron chi connectivity index (χ1n) is 8.93. The van der Waals surface area contributed by atoms with E-state index in [1.54, 1.807) is 29.7 Å². The first-order valence-corrected chi connectivity index (χ1v) is 8.93. The SMILES string of the molecule is C=CC1c2c(c3cc(O)ccc3n2C(=O)OCC)CCN(CC)C1C. The van der Waals surface area contributed by atoms with E-state index in [0.29, 0.717) is 6.61 Å². The number of carbonyl (C=O) groups excluding carboxylic acids is 1. The molecule has 25 heavy (non-hydrogen) atoms. The first kappa shape index (κ1) is 17.5. The molecule has 0 amide bonds. The molecule has 1 aromatic heterocycles.